The molecule has 0 unspecified atom stereocenters. The van der Waals surface area contributed by atoms with Gasteiger partial charge in [-0.05, 0) is 46.7 Å². The SMILES string of the molecule is Cc1ccc(-c2cc(C(F)(F)F)nc3sc(C(N)=O)c(NC(=O)c4nn(C)cc4I)c23)cc1. The van der Waals surface area contributed by atoms with Gasteiger partial charge >= 0.3 is 6.18 Å². The molecule has 0 saturated heterocycles. The first-order valence-corrected chi connectivity index (χ1v) is 11.3. The van der Waals surface area contributed by atoms with E-state index in [4.69, 9.17) is 5.73 Å². The molecule has 170 valence electrons. The lowest BCUT2D eigenvalue weighted by atomic mass is 10.00. The summed E-state index contributed by atoms with van der Waals surface area (Å²) in [6.45, 7) is 1.85. The van der Waals surface area contributed by atoms with Crippen molar-refractivity contribution in [2.75, 3.05) is 5.32 Å². The van der Waals surface area contributed by atoms with Gasteiger partial charge in [0.1, 0.15) is 15.4 Å². The highest BCUT2D eigenvalue weighted by molar-refractivity contribution is 14.1. The number of aromatic nitrogens is 3. The summed E-state index contributed by atoms with van der Waals surface area (Å²) in [6.07, 6.45) is -3.08. The number of rotatable bonds is 4. The Kier molecular flexibility index (Phi) is 5.90. The maximum atomic E-state index is 13.6. The van der Waals surface area contributed by atoms with Crippen LogP contribution in [0.4, 0.5) is 18.9 Å². The van der Waals surface area contributed by atoms with Crippen LogP contribution in [0, 0.1) is 10.5 Å². The second kappa shape index (κ2) is 8.41. The van der Waals surface area contributed by atoms with Crippen LogP contribution < -0.4 is 11.1 Å². The summed E-state index contributed by atoms with van der Waals surface area (Å²) in [7, 11) is 1.64. The molecule has 3 aromatic heterocycles. The Bertz CT molecular complexity index is 1410. The van der Waals surface area contributed by atoms with Gasteiger partial charge < -0.3 is 11.1 Å². The molecule has 0 aliphatic heterocycles. The number of nitrogens with zero attached hydrogens (tertiary/aromatic N) is 3. The molecule has 0 saturated carbocycles. The highest BCUT2D eigenvalue weighted by Gasteiger charge is 2.35. The zero-order valence-corrected chi connectivity index (χ0v) is 20.1. The molecule has 33 heavy (non-hydrogen) atoms. The second-order valence-corrected chi connectivity index (χ2v) is 9.38. The lowest BCUT2D eigenvalue weighted by Crippen LogP contribution is -2.18. The van der Waals surface area contributed by atoms with Crippen molar-refractivity contribution in [1.82, 2.24) is 14.8 Å². The number of hydrogen-bond acceptors (Lipinski definition) is 5. The molecular formula is C21H15F3IN5O2S. The molecule has 3 heterocycles. The molecule has 0 atom stereocenters. The van der Waals surface area contributed by atoms with Crippen molar-refractivity contribution in [3.05, 3.63) is 61.9 Å². The van der Waals surface area contributed by atoms with Crippen LogP contribution in [0.2, 0.25) is 0 Å². The first-order chi connectivity index (χ1) is 15.5. The largest absolute Gasteiger partial charge is 0.433 e. The van der Waals surface area contributed by atoms with Crippen LogP contribution in [-0.4, -0.2) is 26.6 Å². The minimum atomic E-state index is -4.71. The van der Waals surface area contributed by atoms with Gasteiger partial charge in [0.15, 0.2) is 5.69 Å². The number of anilines is 1. The fourth-order valence-corrected chi connectivity index (χ4v) is 5.05. The average Bonchev–Trinajstić information content (AvgIpc) is 3.26. The molecule has 4 aromatic rings. The summed E-state index contributed by atoms with van der Waals surface area (Å²) in [5.41, 5.74) is 6.06. The van der Waals surface area contributed by atoms with E-state index in [1.807, 2.05) is 29.5 Å². The number of halogens is 4. The summed E-state index contributed by atoms with van der Waals surface area (Å²) < 4.78 is 42.8. The van der Waals surface area contributed by atoms with Gasteiger partial charge in [-0.1, -0.05) is 29.8 Å². The number of alkyl halides is 3. The third kappa shape index (κ3) is 4.44. The Labute approximate surface area is 202 Å². The van der Waals surface area contributed by atoms with Crippen LogP contribution in [0.15, 0.2) is 36.5 Å². The van der Waals surface area contributed by atoms with Gasteiger partial charge in [-0.2, -0.15) is 18.3 Å². The standard InChI is InChI=1S/C21H15F3IN5O2S/c1-9-3-5-10(6-4-9)11-7-13(21(22,23)24)27-20-14(11)16(17(33-20)18(26)31)28-19(32)15-12(25)8-30(2)29-15/h3-8H,1-2H3,(H2,26,31)(H,28,32). The number of aryl methyl sites for hydroxylation is 2. The fourth-order valence-electron chi connectivity index (χ4n) is 3.28. The monoisotopic (exact) mass is 585 g/mol. The third-order valence-electron chi connectivity index (χ3n) is 4.78. The first kappa shape index (κ1) is 23.2. The molecule has 0 bridgehead atoms. The summed E-state index contributed by atoms with van der Waals surface area (Å²) in [5, 5.41) is 6.93. The molecule has 3 N–H and O–H groups in total. The van der Waals surface area contributed by atoms with Gasteiger partial charge in [0.05, 0.1) is 9.26 Å². The smallest absolute Gasteiger partial charge is 0.365 e. The number of pyridine rings is 1. The van der Waals surface area contributed by atoms with Gasteiger partial charge in [0.25, 0.3) is 11.8 Å². The summed E-state index contributed by atoms with van der Waals surface area (Å²) in [5.74, 6) is -1.52. The maximum absolute atomic E-state index is 13.6. The van der Waals surface area contributed by atoms with Crippen molar-refractivity contribution in [1.29, 1.82) is 0 Å². The molecular weight excluding hydrogens is 570 g/mol. The van der Waals surface area contributed by atoms with Gasteiger partial charge in [0, 0.05) is 18.6 Å². The van der Waals surface area contributed by atoms with Crippen molar-refractivity contribution in [2.45, 2.75) is 13.1 Å². The molecule has 0 fully saturated rings. The lowest BCUT2D eigenvalue weighted by Gasteiger charge is -2.12. The number of fused-ring (bicyclic) bond motifs is 1. The topological polar surface area (TPSA) is 103 Å². The first-order valence-electron chi connectivity index (χ1n) is 9.37. The number of thiophene rings is 1. The molecule has 4 rings (SSSR count). The van der Waals surface area contributed by atoms with Gasteiger partial charge in [-0.15, -0.1) is 11.3 Å². The van der Waals surface area contributed by atoms with Crippen molar-refractivity contribution in [3.8, 4) is 11.1 Å². The van der Waals surface area contributed by atoms with E-state index < -0.39 is 23.7 Å². The zero-order valence-electron chi connectivity index (χ0n) is 17.1. The average molecular weight is 585 g/mol. The number of nitrogens with one attached hydrogen (secondary N) is 1. The molecule has 12 heteroatoms. The molecule has 7 nitrogen and oxygen atoms in total. The van der Waals surface area contributed by atoms with E-state index in [0.717, 1.165) is 11.6 Å². The van der Waals surface area contributed by atoms with Gasteiger partial charge in [0.2, 0.25) is 0 Å². The lowest BCUT2D eigenvalue weighted by molar-refractivity contribution is -0.140. The van der Waals surface area contributed by atoms with Crippen LogP contribution in [0.3, 0.4) is 0 Å². The van der Waals surface area contributed by atoms with E-state index in [0.29, 0.717) is 20.5 Å². The van der Waals surface area contributed by atoms with Crippen molar-refractivity contribution < 1.29 is 22.8 Å². The van der Waals surface area contributed by atoms with E-state index >= 15 is 0 Å². The molecule has 0 radical (unpaired) electrons. The molecule has 0 aliphatic rings. The minimum Gasteiger partial charge on any atom is -0.365 e. The highest BCUT2D eigenvalue weighted by Crippen LogP contribution is 2.43. The highest BCUT2D eigenvalue weighted by atomic mass is 127. The predicted molar refractivity (Wildman–Crippen MR) is 127 cm³/mol. The van der Waals surface area contributed by atoms with Crippen LogP contribution in [0.1, 0.15) is 31.4 Å². The Hall–Kier alpha value is -3.00. The van der Waals surface area contributed by atoms with Crippen LogP contribution in [0.5, 0.6) is 0 Å². The Morgan fingerprint density at radius 1 is 1.21 bits per heavy atom. The maximum Gasteiger partial charge on any atom is 0.433 e. The summed E-state index contributed by atoms with van der Waals surface area (Å²) in [6, 6.07) is 7.75. The Balaban J connectivity index is 1.99. The van der Waals surface area contributed by atoms with E-state index in [1.54, 1.807) is 37.5 Å². The number of benzene rings is 1. The molecule has 2 amide bonds. The van der Waals surface area contributed by atoms with E-state index in [2.05, 4.69) is 15.4 Å². The number of carbonyl (C=O) groups is 2. The van der Waals surface area contributed by atoms with E-state index in [-0.39, 0.29) is 32.0 Å². The fraction of sp³-hybridized carbons (Fsp3) is 0.143. The third-order valence-corrected chi connectivity index (χ3v) is 6.66. The number of hydrogen-bond donors (Lipinski definition) is 2. The number of primary amides is 1. The quantitative estimate of drug-likeness (QED) is 0.330. The van der Waals surface area contributed by atoms with E-state index in [9.17, 15) is 22.8 Å². The summed E-state index contributed by atoms with van der Waals surface area (Å²) in [4.78, 5) is 28.7. The number of carbonyl (C=O) groups excluding carboxylic acids is 2. The number of amides is 2. The Morgan fingerprint density at radius 2 is 1.88 bits per heavy atom. The van der Waals surface area contributed by atoms with Crippen molar-refractivity contribution >= 4 is 61.6 Å². The van der Waals surface area contributed by atoms with Crippen LogP contribution in [-0.2, 0) is 13.2 Å². The second-order valence-electron chi connectivity index (χ2n) is 7.22. The van der Waals surface area contributed by atoms with Gasteiger partial charge in [-0.25, -0.2) is 4.98 Å². The minimum absolute atomic E-state index is 0.00533. The Morgan fingerprint density at radius 3 is 2.42 bits per heavy atom. The summed E-state index contributed by atoms with van der Waals surface area (Å²) >= 11 is 2.63. The van der Waals surface area contributed by atoms with Crippen LogP contribution in [0.25, 0.3) is 21.3 Å². The molecule has 0 aliphatic carbocycles. The molecule has 1 aromatic carbocycles. The van der Waals surface area contributed by atoms with Gasteiger partial charge in [-0.3, -0.25) is 14.3 Å². The molecule has 0 spiro atoms. The zero-order chi connectivity index (χ0) is 24.1. The normalized spacial score (nSPS) is 11.7. The predicted octanol–water partition coefficient (Wildman–Crippen LogP) is 4.98. The van der Waals surface area contributed by atoms with Crippen molar-refractivity contribution in [3.63, 3.8) is 0 Å². The van der Waals surface area contributed by atoms with Crippen molar-refractivity contribution in [2.24, 2.45) is 12.8 Å². The van der Waals surface area contributed by atoms with E-state index in [1.165, 1.54) is 4.68 Å². The number of nitrogens with two attached hydrogens (primary N) is 1. The van der Waals surface area contributed by atoms with Crippen LogP contribution >= 0.6 is 33.9 Å².